The lowest BCUT2D eigenvalue weighted by molar-refractivity contribution is 0.0496. The van der Waals surface area contributed by atoms with E-state index in [0.717, 1.165) is 19.3 Å². The predicted molar refractivity (Wildman–Crippen MR) is 88.9 cm³/mol. The maximum absolute atomic E-state index is 13.0. The molecule has 3 atom stereocenters. The Balaban J connectivity index is 1.49. The van der Waals surface area contributed by atoms with Crippen molar-refractivity contribution >= 4 is 5.91 Å². The van der Waals surface area contributed by atoms with Gasteiger partial charge in [-0.3, -0.25) is 4.79 Å². The van der Waals surface area contributed by atoms with Gasteiger partial charge in [-0.1, -0.05) is 12.1 Å². The number of halogens is 1. The Morgan fingerprint density at radius 2 is 2.16 bits per heavy atom. The molecule has 4 rings (SSSR count). The zero-order chi connectivity index (χ0) is 17.4. The molecular weight excluding hydrogens is 323 g/mol. The summed E-state index contributed by atoms with van der Waals surface area (Å²) < 4.78 is 24.0. The second-order valence-electron chi connectivity index (χ2n) is 6.80. The van der Waals surface area contributed by atoms with Crippen molar-refractivity contribution in [1.29, 1.82) is 0 Å². The first-order chi connectivity index (χ1) is 12.2. The number of amides is 1. The molecule has 1 saturated heterocycles. The summed E-state index contributed by atoms with van der Waals surface area (Å²) >= 11 is 0. The van der Waals surface area contributed by atoms with Crippen LogP contribution in [-0.2, 0) is 6.42 Å². The first-order valence-corrected chi connectivity index (χ1v) is 8.82. The van der Waals surface area contributed by atoms with Gasteiger partial charge in [0.15, 0.2) is 5.69 Å². The number of piperidine rings is 1. The van der Waals surface area contributed by atoms with Crippen LogP contribution >= 0.6 is 0 Å². The van der Waals surface area contributed by atoms with Crippen molar-refractivity contribution in [2.75, 3.05) is 6.61 Å². The molecule has 5 nitrogen and oxygen atoms in total. The van der Waals surface area contributed by atoms with Crippen LogP contribution in [0.3, 0.4) is 0 Å². The van der Waals surface area contributed by atoms with Crippen LogP contribution in [0.2, 0.25) is 0 Å². The van der Waals surface area contributed by atoms with E-state index in [9.17, 15) is 9.18 Å². The second kappa shape index (κ2) is 6.50. The van der Waals surface area contributed by atoms with E-state index in [1.54, 1.807) is 18.2 Å². The van der Waals surface area contributed by atoms with Gasteiger partial charge in [-0.05, 0) is 49.4 Å². The smallest absolute Gasteiger partial charge is 0.276 e. The fourth-order valence-corrected chi connectivity index (χ4v) is 4.05. The number of carbonyl (C=O) groups excluding carboxylic acids is 1. The maximum Gasteiger partial charge on any atom is 0.276 e. The molecule has 1 saturated carbocycles. The highest BCUT2D eigenvalue weighted by Gasteiger charge is 2.49. The molecule has 2 heterocycles. The Morgan fingerprint density at radius 1 is 1.36 bits per heavy atom. The summed E-state index contributed by atoms with van der Waals surface area (Å²) in [5.74, 6) is 1.41. The molecule has 2 bridgehead atoms. The van der Waals surface area contributed by atoms with E-state index in [0.29, 0.717) is 36.1 Å². The number of fused-ring (bicyclic) bond motifs is 2. The number of ether oxygens (including phenoxy) is 1. The summed E-state index contributed by atoms with van der Waals surface area (Å²) in [7, 11) is 0. The SMILES string of the molecule is CCc1cc(C(=O)N2[C@@H]3CC[C@@H](C3)[C@@H]2COc2ccc(F)cc2)no1. The molecule has 0 radical (unpaired) electrons. The van der Waals surface area contributed by atoms with Crippen LogP contribution in [0.25, 0.3) is 0 Å². The minimum absolute atomic E-state index is 0.0260. The first-order valence-electron chi connectivity index (χ1n) is 8.82. The number of rotatable bonds is 5. The van der Waals surface area contributed by atoms with E-state index in [1.165, 1.54) is 12.1 Å². The molecule has 1 aliphatic heterocycles. The normalized spacial score (nSPS) is 24.7. The minimum atomic E-state index is -0.290. The lowest BCUT2D eigenvalue weighted by Crippen LogP contribution is -2.47. The Morgan fingerprint density at radius 3 is 2.88 bits per heavy atom. The van der Waals surface area contributed by atoms with Crippen molar-refractivity contribution in [2.24, 2.45) is 5.92 Å². The van der Waals surface area contributed by atoms with Crippen molar-refractivity contribution in [3.63, 3.8) is 0 Å². The van der Waals surface area contributed by atoms with Crippen molar-refractivity contribution in [1.82, 2.24) is 10.1 Å². The molecule has 2 fully saturated rings. The Bertz CT molecular complexity index is 758. The quantitative estimate of drug-likeness (QED) is 0.834. The van der Waals surface area contributed by atoms with Crippen LogP contribution < -0.4 is 4.74 Å². The van der Waals surface area contributed by atoms with Gasteiger partial charge in [-0.15, -0.1) is 0 Å². The van der Waals surface area contributed by atoms with E-state index < -0.39 is 0 Å². The minimum Gasteiger partial charge on any atom is -0.491 e. The third-order valence-electron chi connectivity index (χ3n) is 5.34. The standard InChI is InChI=1S/C19H21FN2O3/c1-2-15-10-17(21-25-15)19(23)22-14-6-3-12(9-14)18(22)11-24-16-7-4-13(20)5-8-16/h4-5,7-8,10,12,14,18H,2-3,6,9,11H2,1H3/t12-,14+,18-/m0/s1. The number of hydrogen-bond acceptors (Lipinski definition) is 4. The highest BCUT2D eigenvalue weighted by Crippen LogP contribution is 2.43. The third kappa shape index (κ3) is 3.01. The molecule has 0 N–H and O–H groups in total. The maximum atomic E-state index is 13.0. The summed E-state index contributed by atoms with van der Waals surface area (Å²) in [4.78, 5) is 14.9. The van der Waals surface area contributed by atoms with Crippen molar-refractivity contribution in [3.05, 3.63) is 47.6 Å². The van der Waals surface area contributed by atoms with Crippen LogP contribution in [0.15, 0.2) is 34.9 Å². The van der Waals surface area contributed by atoms with Crippen LogP contribution in [0.4, 0.5) is 4.39 Å². The molecule has 6 heteroatoms. The van der Waals surface area contributed by atoms with Gasteiger partial charge in [0.05, 0.1) is 6.04 Å². The summed E-state index contributed by atoms with van der Waals surface area (Å²) in [6.07, 6.45) is 3.87. The van der Waals surface area contributed by atoms with Crippen LogP contribution in [0, 0.1) is 11.7 Å². The van der Waals surface area contributed by atoms with Crippen molar-refractivity contribution < 1.29 is 18.4 Å². The van der Waals surface area contributed by atoms with Crippen molar-refractivity contribution in [3.8, 4) is 5.75 Å². The molecule has 1 amide bonds. The van der Waals surface area contributed by atoms with Crippen LogP contribution in [0.1, 0.15) is 42.4 Å². The Labute approximate surface area is 145 Å². The highest BCUT2D eigenvalue weighted by molar-refractivity contribution is 5.93. The van der Waals surface area contributed by atoms with Crippen LogP contribution in [-0.4, -0.2) is 34.7 Å². The van der Waals surface area contributed by atoms with E-state index in [-0.39, 0.29) is 23.8 Å². The van der Waals surface area contributed by atoms with E-state index >= 15 is 0 Å². The Hall–Kier alpha value is -2.37. The third-order valence-corrected chi connectivity index (χ3v) is 5.34. The van der Waals surface area contributed by atoms with E-state index in [4.69, 9.17) is 9.26 Å². The van der Waals surface area contributed by atoms with Crippen molar-refractivity contribution in [2.45, 2.75) is 44.7 Å². The van der Waals surface area contributed by atoms with Gasteiger partial charge in [-0.25, -0.2) is 4.39 Å². The fourth-order valence-electron chi connectivity index (χ4n) is 4.05. The first kappa shape index (κ1) is 16.1. The summed E-state index contributed by atoms with van der Waals surface area (Å²) in [6, 6.07) is 7.98. The van der Waals surface area contributed by atoms with Gasteiger partial charge >= 0.3 is 0 Å². The van der Waals surface area contributed by atoms with Crippen LogP contribution in [0.5, 0.6) is 5.75 Å². The molecule has 2 aromatic rings. The summed E-state index contributed by atoms with van der Waals surface area (Å²) in [5, 5.41) is 3.93. The average Bonchev–Trinajstić information content (AvgIpc) is 3.35. The number of aromatic nitrogens is 1. The molecule has 1 aliphatic carbocycles. The number of hydrogen-bond donors (Lipinski definition) is 0. The zero-order valence-corrected chi connectivity index (χ0v) is 14.2. The molecular formula is C19H21FN2O3. The Kier molecular flexibility index (Phi) is 4.19. The van der Waals surface area contributed by atoms with Gasteiger partial charge in [0.25, 0.3) is 5.91 Å². The second-order valence-corrected chi connectivity index (χ2v) is 6.80. The van der Waals surface area contributed by atoms with Gasteiger partial charge in [0.2, 0.25) is 0 Å². The average molecular weight is 344 g/mol. The van der Waals surface area contributed by atoms with E-state index in [2.05, 4.69) is 5.16 Å². The monoisotopic (exact) mass is 344 g/mol. The number of carbonyl (C=O) groups is 1. The lowest BCUT2D eigenvalue weighted by atomic mass is 9.99. The zero-order valence-electron chi connectivity index (χ0n) is 14.2. The topological polar surface area (TPSA) is 55.6 Å². The van der Waals surface area contributed by atoms with Gasteiger partial charge < -0.3 is 14.2 Å². The number of aryl methyl sites for hydroxylation is 1. The number of benzene rings is 1. The van der Waals surface area contributed by atoms with Gasteiger partial charge in [-0.2, -0.15) is 0 Å². The molecule has 2 aliphatic rings. The molecule has 0 spiro atoms. The largest absolute Gasteiger partial charge is 0.491 e. The fraction of sp³-hybridized carbons (Fsp3) is 0.474. The number of likely N-dealkylation sites (tertiary alicyclic amines) is 1. The predicted octanol–water partition coefficient (Wildman–Crippen LogP) is 3.45. The lowest BCUT2D eigenvalue weighted by Gasteiger charge is -2.34. The highest BCUT2D eigenvalue weighted by atomic mass is 19.1. The molecule has 25 heavy (non-hydrogen) atoms. The molecule has 1 aromatic carbocycles. The molecule has 0 unspecified atom stereocenters. The van der Waals surface area contributed by atoms with E-state index in [1.807, 2.05) is 11.8 Å². The molecule has 132 valence electrons. The summed E-state index contributed by atoms with van der Waals surface area (Å²) in [5.41, 5.74) is 0.371. The summed E-state index contributed by atoms with van der Waals surface area (Å²) in [6.45, 7) is 2.38. The van der Waals surface area contributed by atoms with Gasteiger partial charge in [0.1, 0.15) is 23.9 Å². The number of nitrogens with zero attached hydrogens (tertiary/aromatic N) is 2. The van der Waals surface area contributed by atoms with Gasteiger partial charge in [0, 0.05) is 18.5 Å². The molecule has 1 aromatic heterocycles.